The maximum atomic E-state index is 12.7. The molecule has 1 aromatic heterocycles. The lowest BCUT2D eigenvalue weighted by Gasteiger charge is -2.31. The SMILES string of the molecule is CC(CCCCCCN1CCCCC1)N1c2ccccc2C(=O)Nc2cccnc21. The molecule has 0 bridgehead atoms. The molecule has 2 aliphatic rings. The molecular weight excluding hydrogens is 372 g/mol. The highest BCUT2D eigenvalue weighted by Crippen LogP contribution is 2.38. The summed E-state index contributed by atoms with van der Waals surface area (Å²) in [5.74, 6) is 0.778. The summed E-state index contributed by atoms with van der Waals surface area (Å²) in [6, 6.07) is 11.9. The topological polar surface area (TPSA) is 48.5 Å². The van der Waals surface area contributed by atoms with Gasteiger partial charge in [-0.2, -0.15) is 0 Å². The number of rotatable bonds is 8. The van der Waals surface area contributed by atoms with E-state index in [1.165, 1.54) is 64.6 Å². The smallest absolute Gasteiger partial charge is 0.257 e. The van der Waals surface area contributed by atoms with Crippen LogP contribution in [0, 0.1) is 0 Å². The second-order valence-electron chi connectivity index (χ2n) is 8.67. The third kappa shape index (κ3) is 4.84. The molecular formula is C25H34N4O. The van der Waals surface area contributed by atoms with Crippen LogP contribution in [-0.4, -0.2) is 41.5 Å². The predicted molar refractivity (Wildman–Crippen MR) is 124 cm³/mol. The van der Waals surface area contributed by atoms with Gasteiger partial charge >= 0.3 is 0 Å². The highest BCUT2D eigenvalue weighted by atomic mass is 16.1. The normalized spacial score (nSPS) is 17.6. The first-order chi connectivity index (χ1) is 14.7. The first-order valence-electron chi connectivity index (χ1n) is 11.6. The van der Waals surface area contributed by atoms with Crippen molar-refractivity contribution in [2.24, 2.45) is 0 Å². The van der Waals surface area contributed by atoms with Gasteiger partial charge in [-0.1, -0.05) is 37.8 Å². The van der Waals surface area contributed by atoms with Crippen molar-refractivity contribution in [2.75, 3.05) is 29.9 Å². The number of hydrogen-bond acceptors (Lipinski definition) is 4. The number of hydrogen-bond donors (Lipinski definition) is 1. The second-order valence-corrected chi connectivity index (χ2v) is 8.67. The fraction of sp³-hybridized carbons (Fsp3) is 0.520. The summed E-state index contributed by atoms with van der Waals surface area (Å²) in [4.78, 5) is 22.2. The Balaban J connectivity index is 1.36. The Bertz CT molecular complexity index is 847. The largest absolute Gasteiger partial charge is 0.321 e. The Morgan fingerprint density at radius 2 is 1.80 bits per heavy atom. The van der Waals surface area contributed by atoms with Gasteiger partial charge in [0.1, 0.15) is 0 Å². The van der Waals surface area contributed by atoms with Gasteiger partial charge in [-0.3, -0.25) is 4.79 Å². The summed E-state index contributed by atoms with van der Waals surface area (Å²) >= 11 is 0. The van der Waals surface area contributed by atoms with Crippen LogP contribution in [0.4, 0.5) is 17.2 Å². The molecule has 1 fully saturated rings. The van der Waals surface area contributed by atoms with Crippen LogP contribution in [0.5, 0.6) is 0 Å². The van der Waals surface area contributed by atoms with Gasteiger partial charge in [-0.25, -0.2) is 4.98 Å². The van der Waals surface area contributed by atoms with Crippen molar-refractivity contribution in [3.8, 4) is 0 Å². The molecule has 3 heterocycles. The van der Waals surface area contributed by atoms with Crippen LogP contribution < -0.4 is 10.2 Å². The van der Waals surface area contributed by atoms with Gasteiger partial charge in [0.2, 0.25) is 0 Å². The molecule has 1 saturated heterocycles. The molecule has 30 heavy (non-hydrogen) atoms. The number of nitrogens with one attached hydrogen (secondary N) is 1. The molecule has 5 heteroatoms. The number of para-hydroxylation sites is 1. The quantitative estimate of drug-likeness (QED) is 0.579. The summed E-state index contributed by atoms with van der Waals surface area (Å²) < 4.78 is 0. The van der Waals surface area contributed by atoms with E-state index in [4.69, 9.17) is 0 Å². The summed E-state index contributed by atoms with van der Waals surface area (Å²) in [6.07, 6.45) is 12.1. The highest BCUT2D eigenvalue weighted by Gasteiger charge is 2.28. The van der Waals surface area contributed by atoms with Crippen molar-refractivity contribution in [2.45, 2.75) is 64.3 Å². The monoisotopic (exact) mass is 406 g/mol. The van der Waals surface area contributed by atoms with Gasteiger partial charge in [0.25, 0.3) is 5.91 Å². The van der Waals surface area contributed by atoms with Crippen LogP contribution >= 0.6 is 0 Å². The number of aromatic nitrogens is 1. The predicted octanol–water partition coefficient (Wildman–Crippen LogP) is 5.61. The van der Waals surface area contributed by atoms with Crippen LogP contribution in [0.2, 0.25) is 0 Å². The van der Waals surface area contributed by atoms with Crippen molar-refractivity contribution < 1.29 is 4.79 Å². The number of anilines is 3. The molecule has 2 aromatic rings. The van der Waals surface area contributed by atoms with Crippen LogP contribution in [0.25, 0.3) is 0 Å². The van der Waals surface area contributed by atoms with E-state index in [1.807, 2.05) is 36.4 Å². The van der Waals surface area contributed by atoms with Crippen LogP contribution in [0.1, 0.15) is 68.6 Å². The first kappa shape index (κ1) is 20.9. The summed E-state index contributed by atoms with van der Waals surface area (Å²) in [5.41, 5.74) is 2.45. The van der Waals surface area contributed by atoms with Crippen molar-refractivity contribution in [1.29, 1.82) is 0 Å². The van der Waals surface area contributed by atoms with E-state index in [0.717, 1.165) is 23.6 Å². The first-order valence-corrected chi connectivity index (χ1v) is 11.6. The van der Waals surface area contributed by atoms with Gasteiger partial charge in [-0.05, 0) is 76.5 Å². The minimum Gasteiger partial charge on any atom is -0.321 e. The minimum absolute atomic E-state index is 0.0627. The van der Waals surface area contributed by atoms with Gasteiger partial charge in [0.15, 0.2) is 5.82 Å². The van der Waals surface area contributed by atoms with E-state index in [2.05, 4.69) is 27.0 Å². The molecule has 160 valence electrons. The highest BCUT2D eigenvalue weighted by molar-refractivity contribution is 6.12. The fourth-order valence-corrected chi connectivity index (χ4v) is 4.75. The average Bonchev–Trinajstić information content (AvgIpc) is 2.90. The molecule has 0 aliphatic carbocycles. The Kier molecular flexibility index (Phi) is 7.00. The summed E-state index contributed by atoms with van der Waals surface area (Å²) in [7, 11) is 0. The maximum absolute atomic E-state index is 12.7. The molecule has 2 aliphatic heterocycles. The number of likely N-dealkylation sites (tertiary alicyclic amines) is 1. The van der Waals surface area contributed by atoms with E-state index < -0.39 is 0 Å². The molecule has 1 N–H and O–H groups in total. The van der Waals surface area contributed by atoms with Crippen LogP contribution in [0.3, 0.4) is 0 Å². The van der Waals surface area contributed by atoms with Crippen LogP contribution in [-0.2, 0) is 0 Å². The zero-order valence-corrected chi connectivity index (χ0v) is 18.1. The molecule has 1 unspecified atom stereocenters. The van der Waals surface area contributed by atoms with Crippen molar-refractivity contribution in [1.82, 2.24) is 9.88 Å². The van der Waals surface area contributed by atoms with Gasteiger partial charge in [0.05, 0.1) is 16.9 Å². The Labute approximate surface area is 180 Å². The minimum atomic E-state index is -0.0627. The fourth-order valence-electron chi connectivity index (χ4n) is 4.75. The van der Waals surface area contributed by atoms with Gasteiger partial charge in [0, 0.05) is 12.2 Å². The molecule has 0 radical (unpaired) electrons. The third-order valence-corrected chi connectivity index (χ3v) is 6.41. The second kappa shape index (κ2) is 10.1. The summed E-state index contributed by atoms with van der Waals surface area (Å²) in [6.45, 7) is 6.11. The molecule has 1 amide bonds. The third-order valence-electron chi connectivity index (χ3n) is 6.41. The number of unbranched alkanes of at least 4 members (excludes halogenated alkanes) is 3. The number of carbonyl (C=O) groups excluding carboxylic acids is 1. The Hall–Kier alpha value is -2.40. The molecule has 0 saturated carbocycles. The van der Waals surface area contributed by atoms with Crippen LogP contribution in [0.15, 0.2) is 42.6 Å². The van der Waals surface area contributed by atoms with Crippen molar-refractivity contribution >= 4 is 23.1 Å². The summed E-state index contributed by atoms with van der Waals surface area (Å²) in [5, 5.41) is 3.03. The number of benzene rings is 1. The zero-order valence-electron chi connectivity index (χ0n) is 18.1. The van der Waals surface area contributed by atoms with Crippen molar-refractivity contribution in [3.63, 3.8) is 0 Å². The molecule has 0 spiro atoms. The number of carbonyl (C=O) groups is 1. The molecule has 1 aromatic carbocycles. The average molecular weight is 407 g/mol. The van der Waals surface area contributed by atoms with E-state index in [1.54, 1.807) is 6.20 Å². The molecule has 4 rings (SSSR count). The lowest BCUT2D eigenvalue weighted by molar-refractivity contribution is 0.102. The Morgan fingerprint density at radius 3 is 2.67 bits per heavy atom. The Morgan fingerprint density at radius 1 is 1.00 bits per heavy atom. The number of piperidine rings is 1. The van der Waals surface area contributed by atoms with Crippen molar-refractivity contribution in [3.05, 3.63) is 48.2 Å². The number of amides is 1. The lowest BCUT2D eigenvalue weighted by Crippen LogP contribution is -2.30. The number of pyridine rings is 1. The van der Waals surface area contributed by atoms with Gasteiger partial charge in [-0.15, -0.1) is 0 Å². The van der Waals surface area contributed by atoms with E-state index in [-0.39, 0.29) is 11.9 Å². The standard InChI is InChI=1S/C25H34N4O/c1-20(12-5-2-3-8-17-28-18-9-4-10-19-28)29-23-15-7-6-13-21(23)25(30)27-22-14-11-16-26-24(22)29/h6-7,11,13-16,20H,2-5,8-10,12,17-19H2,1H3,(H,27,30). The maximum Gasteiger partial charge on any atom is 0.257 e. The molecule has 5 nitrogen and oxygen atoms in total. The number of fused-ring (bicyclic) bond motifs is 2. The van der Waals surface area contributed by atoms with E-state index >= 15 is 0 Å². The zero-order chi connectivity index (χ0) is 20.8. The van der Waals surface area contributed by atoms with E-state index in [0.29, 0.717) is 5.56 Å². The van der Waals surface area contributed by atoms with E-state index in [9.17, 15) is 4.79 Å². The molecule has 1 atom stereocenters. The van der Waals surface area contributed by atoms with Gasteiger partial charge < -0.3 is 15.1 Å². The lowest BCUT2D eigenvalue weighted by atomic mass is 10.0. The number of nitrogens with zero attached hydrogens (tertiary/aromatic N) is 3.